The summed E-state index contributed by atoms with van der Waals surface area (Å²) in [5.74, 6) is 1.18. The van der Waals surface area contributed by atoms with E-state index in [0.29, 0.717) is 5.92 Å². The van der Waals surface area contributed by atoms with E-state index in [0.717, 1.165) is 24.2 Å². The molecule has 0 bridgehead atoms. The zero-order valence-electron chi connectivity index (χ0n) is 10.2. The van der Waals surface area contributed by atoms with Gasteiger partial charge in [-0.3, -0.25) is 0 Å². The molecule has 0 aliphatic carbocycles. The van der Waals surface area contributed by atoms with Crippen molar-refractivity contribution >= 4 is 0 Å². The van der Waals surface area contributed by atoms with E-state index in [9.17, 15) is 5.26 Å². The van der Waals surface area contributed by atoms with Crippen LogP contribution < -0.4 is 4.74 Å². The van der Waals surface area contributed by atoms with E-state index in [1.165, 1.54) is 0 Å². The molecule has 2 unspecified atom stereocenters. The third-order valence-corrected chi connectivity index (χ3v) is 2.91. The minimum Gasteiger partial charge on any atom is -0.497 e. The van der Waals surface area contributed by atoms with E-state index in [1.54, 1.807) is 7.11 Å². The second kappa shape index (κ2) is 6.17. The van der Waals surface area contributed by atoms with Gasteiger partial charge in [-0.05, 0) is 30.0 Å². The van der Waals surface area contributed by atoms with Crippen LogP contribution in [0.15, 0.2) is 24.3 Å². The van der Waals surface area contributed by atoms with Gasteiger partial charge in [0.15, 0.2) is 0 Å². The molecule has 1 aromatic rings. The number of nitrogens with zero attached hydrogens (tertiary/aromatic N) is 1. The lowest BCUT2D eigenvalue weighted by Gasteiger charge is -2.17. The van der Waals surface area contributed by atoms with Crippen molar-refractivity contribution in [3.63, 3.8) is 0 Å². The summed E-state index contributed by atoms with van der Waals surface area (Å²) in [4.78, 5) is 0. The summed E-state index contributed by atoms with van der Waals surface area (Å²) in [7, 11) is 1.65. The highest BCUT2D eigenvalue weighted by molar-refractivity contribution is 5.33. The molecule has 0 N–H and O–H groups in total. The van der Waals surface area contributed by atoms with Gasteiger partial charge in [0.25, 0.3) is 0 Å². The SMILES string of the molecule is CCCC(C)C(C#N)c1cccc(OC)c1. The van der Waals surface area contributed by atoms with Gasteiger partial charge in [-0.2, -0.15) is 5.26 Å². The van der Waals surface area contributed by atoms with E-state index in [4.69, 9.17) is 4.74 Å². The molecular formula is C14H19NO. The third kappa shape index (κ3) is 3.00. The van der Waals surface area contributed by atoms with Gasteiger partial charge in [0.05, 0.1) is 19.1 Å². The first-order valence-electron chi connectivity index (χ1n) is 5.76. The molecule has 0 heterocycles. The summed E-state index contributed by atoms with van der Waals surface area (Å²) in [6.07, 6.45) is 2.19. The van der Waals surface area contributed by atoms with Gasteiger partial charge in [0.1, 0.15) is 5.75 Å². The summed E-state index contributed by atoms with van der Waals surface area (Å²) in [6.45, 7) is 4.29. The molecule has 0 radical (unpaired) electrons. The fourth-order valence-corrected chi connectivity index (χ4v) is 1.99. The summed E-state index contributed by atoms with van der Waals surface area (Å²) in [5.41, 5.74) is 1.06. The zero-order chi connectivity index (χ0) is 12.0. The average Bonchev–Trinajstić information content (AvgIpc) is 2.31. The minimum absolute atomic E-state index is 0.0324. The first-order valence-corrected chi connectivity index (χ1v) is 5.76. The smallest absolute Gasteiger partial charge is 0.119 e. The molecule has 16 heavy (non-hydrogen) atoms. The summed E-state index contributed by atoms with van der Waals surface area (Å²) in [5, 5.41) is 9.25. The van der Waals surface area contributed by atoms with Crippen molar-refractivity contribution in [1.29, 1.82) is 5.26 Å². The Kier molecular flexibility index (Phi) is 4.85. The summed E-state index contributed by atoms with van der Waals surface area (Å²) >= 11 is 0. The van der Waals surface area contributed by atoms with Gasteiger partial charge in [0, 0.05) is 0 Å². The molecule has 2 atom stereocenters. The van der Waals surface area contributed by atoms with Crippen LogP contribution in [0.5, 0.6) is 5.75 Å². The predicted octanol–water partition coefficient (Wildman–Crippen LogP) is 3.74. The highest BCUT2D eigenvalue weighted by Gasteiger charge is 2.18. The first kappa shape index (κ1) is 12.6. The lowest BCUT2D eigenvalue weighted by molar-refractivity contribution is 0.412. The Morgan fingerprint density at radius 1 is 1.44 bits per heavy atom. The van der Waals surface area contributed by atoms with E-state index in [-0.39, 0.29) is 5.92 Å². The molecule has 1 aromatic carbocycles. The second-order valence-electron chi connectivity index (χ2n) is 4.15. The topological polar surface area (TPSA) is 33.0 Å². The van der Waals surface area contributed by atoms with E-state index in [2.05, 4.69) is 19.9 Å². The number of nitriles is 1. The highest BCUT2D eigenvalue weighted by Crippen LogP contribution is 2.29. The number of hydrogen-bond acceptors (Lipinski definition) is 2. The van der Waals surface area contributed by atoms with Crippen LogP contribution in [-0.4, -0.2) is 7.11 Å². The number of benzene rings is 1. The van der Waals surface area contributed by atoms with Crippen molar-refractivity contribution in [2.24, 2.45) is 5.92 Å². The molecule has 0 aliphatic heterocycles. The van der Waals surface area contributed by atoms with Crippen molar-refractivity contribution < 1.29 is 4.74 Å². The maximum Gasteiger partial charge on any atom is 0.119 e. The fourth-order valence-electron chi connectivity index (χ4n) is 1.99. The Morgan fingerprint density at radius 2 is 2.19 bits per heavy atom. The summed E-state index contributed by atoms with van der Waals surface area (Å²) in [6, 6.07) is 10.2. The van der Waals surface area contributed by atoms with Crippen LogP contribution >= 0.6 is 0 Å². The molecule has 0 spiro atoms. The maximum atomic E-state index is 9.25. The van der Waals surface area contributed by atoms with Crippen molar-refractivity contribution in [2.45, 2.75) is 32.6 Å². The number of rotatable bonds is 5. The Bertz CT molecular complexity index is 367. The number of methoxy groups -OCH3 is 1. The van der Waals surface area contributed by atoms with Gasteiger partial charge in [-0.15, -0.1) is 0 Å². The second-order valence-corrected chi connectivity index (χ2v) is 4.15. The molecule has 1 rings (SSSR count). The normalized spacial score (nSPS) is 13.9. The predicted molar refractivity (Wildman–Crippen MR) is 65.4 cm³/mol. The molecule has 2 heteroatoms. The molecule has 0 saturated carbocycles. The zero-order valence-corrected chi connectivity index (χ0v) is 10.2. The largest absolute Gasteiger partial charge is 0.497 e. The number of ether oxygens (including phenoxy) is 1. The van der Waals surface area contributed by atoms with Crippen LogP contribution in [0.2, 0.25) is 0 Å². The highest BCUT2D eigenvalue weighted by atomic mass is 16.5. The van der Waals surface area contributed by atoms with E-state index in [1.807, 2.05) is 24.3 Å². The van der Waals surface area contributed by atoms with Crippen molar-refractivity contribution in [2.75, 3.05) is 7.11 Å². The monoisotopic (exact) mass is 217 g/mol. The number of hydrogen-bond donors (Lipinski definition) is 0. The van der Waals surface area contributed by atoms with Crippen LogP contribution in [0.4, 0.5) is 0 Å². The van der Waals surface area contributed by atoms with E-state index < -0.39 is 0 Å². The summed E-state index contributed by atoms with van der Waals surface area (Å²) < 4.78 is 5.18. The molecule has 86 valence electrons. The van der Waals surface area contributed by atoms with Crippen molar-refractivity contribution in [1.82, 2.24) is 0 Å². The van der Waals surface area contributed by atoms with Crippen LogP contribution in [-0.2, 0) is 0 Å². The van der Waals surface area contributed by atoms with Gasteiger partial charge < -0.3 is 4.74 Å². The first-order chi connectivity index (χ1) is 7.72. The van der Waals surface area contributed by atoms with Gasteiger partial charge in [-0.25, -0.2) is 0 Å². The Morgan fingerprint density at radius 3 is 2.75 bits per heavy atom. The molecule has 0 aliphatic rings. The van der Waals surface area contributed by atoms with Gasteiger partial charge >= 0.3 is 0 Å². The maximum absolute atomic E-state index is 9.25. The van der Waals surface area contributed by atoms with Crippen molar-refractivity contribution in [3.05, 3.63) is 29.8 Å². The Hall–Kier alpha value is -1.49. The van der Waals surface area contributed by atoms with Crippen LogP contribution in [0, 0.1) is 17.2 Å². The standard InChI is InChI=1S/C14H19NO/c1-4-6-11(2)14(10-15)12-7-5-8-13(9-12)16-3/h5,7-9,11,14H,4,6H2,1-3H3. The molecule has 0 amide bonds. The molecule has 0 aromatic heterocycles. The quantitative estimate of drug-likeness (QED) is 0.752. The lowest BCUT2D eigenvalue weighted by atomic mass is 9.85. The van der Waals surface area contributed by atoms with Crippen LogP contribution in [0.1, 0.15) is 38.2 Å². The average molecular weight is 217 g/mol. The Labute approximate surface area is 97.9 Å². The van der Waals surface area contributed by atoms with Gasteiger partial charge in [-0.1, -0.05) is 32.4 Å². The Balaban J connectivity index is 2.91. The minimum atomic E-state index is -0.0324. The molecule has 0 saturated heterocycles. The third-order valence-electron chi connectivity index (χ3n) is 2.91. The van der Waals surface area contributed by atoms with Gasteiger partial charge in [0.2, 0.25) is 0 Å². The fraction of sp³-hybridized carbons (Fsp3) is 0.500. The van der Waals surface area contributed by atoms with Crippen LogP contribution in [0.25, 0.3) is 0 Å². The lowest BCUT2D eigenvalue weighted by Crippen LogP contribution is -2.07. The molecular weight excluding hydrogens is 198 g/mol. The molecule has 0 fully saturated rings. The van der Waals surface area contributed by atoms with E-state index >= 15 is 0 Å². The van der Waals surface area contributed by atoms with Crippen molar-refractivity contribution in [3.8, 4) is 11.8 Å². The van der Waals surface area contributed by atoms with Crippen LogP contribution in [0.3, 0.4) is 0 Å². The molecule has 2 nitrogen and oxygen atoms in total.